The van der Waals surface area contributed by atoms with Crippen LogP contribution in [0.1, 0.15) is 41.0 Å². The number of aliphatic carboxylic acids is 1. The molecule has 0 rings (SSSR count). The molecule has 7 nitrogen and oxygen atoms in total. The van der Waals surface area contributed by atoms with E-state index in [0.717, 1.165) is 0 Å². The predicted octanol–water partition coefficient (Wildman–Crippen LogP) is 1.04. The standard InChI is InChI=1S/C14H27N3O4/c1-6-9(4)11(13(19)20)16-14(21)15-10(5)12(18)17(7-2)8-3/h9-11H,6-8H2,1-5H3,(H,19,20)(H2,15,16,21)/t9?,10?,11-/m0/s1. The Bertz CT molecular complexity index is 369. The number of hydrogen-bond acceptors (Lipinski definition) is 3. The maximum absolute atomic E-state index is 12.0. The van der Waals surface area contributed by atoms with Crippen LogP contribution in [0.3, 0.4) is 0 Å². The molecule has 21 heavy (non-hydrogen) atoms. The Balaban J connectivity index is 4.60. The number of carbonyl (C=O) groups excluding carboxylic acids is 2. The fraction of sp³-hybridized carbons (Fsp3) is 0.786. The van der Waals surface area contributed by atoms with Gasteiger partial charge in [0.05, 0.1) is 0 Å². The van der Waals surface area contributed by atoms with Crippen LogP contribution in [0.4, 0.5) is 4.79 Å². The summed E-state index contributed by atoms with van der Waals surface area (Å²) in [5.41, 5.74) is 0. The van der Waals surface area contributed by atoms with Gasteiger partial charge in [0.25, 0.3) is 0 Å². The van der Waals surface area contributed by atoms with Crippen molar-refractivity contribution >= 4 is 17.9 Å². The van der Waals surface area contributed by atoms with Gasteiger partial charge in [-0.15, -0.1) is 0 Å². The van der Waals surface area contributed by atoms with Crippen molar-refractivity contribution in [2.75, 3.05) is 13.1 Å². The van der Waals surface area contributed by atoms with Crippen molar-refractivity contribution in [3.05, 3.63) is 0 Å². The lowest BCUT2D eigenvalue weighted by Crippen LogP contribution is -2.54. The molecule has 3 N–H and O–H groups in total. The predicted molar refractivity (Wildman–Crippen MR) is 79.9 cm³/mol. The lowest BCUT2D eigenvalue weighted by Gasteiger charge is -2.25. The minimum atomic E-state index is -1.08. The first kappa shape index (κ1) is 19.2. The molecule has 0 saturated carbocycles. The zero-order chi connectivity index (χ0) is 16.6. The monoisotopic (exact) mass is 301 g/mol. The molecule has 0 saturated heterocycles. The summed E-state index contributed by atoms with van der Waals surface area (Å²) in [5.74, 6) is -1.46. The highest BCUT2D eigenvalue weighted by Gasteiger charge is 2.27. The Hall–Kier alpha value is -1.79. The quantitative estimate of drug-likeness (QED) is 0.624. The summed E-state index contributed by atoms with van der Waals surface area (Å²) in [5, 5.41) is 14.0. The van der Waals surface area contributed by atoms with Gasteiger partial charge in [-0.25, -0.2) is 9.59 Å². The van der Waals surface area contributed by atoms with Crippen LogP contribution in [0.2, 0.25) is 0 Å². The van der Waals surface area contributed by atoms with E-state index in [4.69, 9.17) is 5.11 Å². The SMILES string of the molecule is CCC(C)[C@H](NC(=O)NC(C)C(=O)N(CC)CC)C(=O)O. The summed E-state index contributed by atoms with van der Waals surface area (Å²) in [4.78, 5) is 36.6. The summed E-state index contributed by atoms with van der Waals surface area (Å²) in [6, 6.07) is -2.31. The van der Waals surface area contributed by atoms with E-state index >= 15 is 0 Å². The lowest BCUT2D eigenvalue weighted by atomic mass is 9.99. The van der Waals surface area contributed by atoms with Crippen molar-refractivity contribution in [2.24, 2.45) is 5.92 Å². The summed E-state index contributed by atoms with van der Waals surface area (Å²) in [7, 11) is 0. The van der Waals surface area contributed by atoms with Gasteiger partial charge in [0, 0.05) is 13.1 Å². The van der Waals surface area contributed by atoms with Crippen molar-refractivity contribution in [1.29, 1.82) is 0 Å². The van der Waals surface area contributed by atoms with Gasteiger partial charge in [0.2, 0.25) is 5.91 Å². The van der Waals surface area contributed by atoms with Crippen molar-refractivity contribution in [3.8, 4) is 0 Å². The molecule has 0 fully saturated rings. The Labute approximate surface area is 126 Å². The van der Waals surface area contributed by atoms with Crippen LogP contribution < -0.4 is 10.6 Å². The number of carboxylic acids is 1. The lowest BCUT2D eigenvalue weighted by molar-refractivity contribution is -0.140. The fourth-order valence-electron chi connectivity index (χ4n) is 1.93. The first-order valence-electron chi connectivity index (χ1n) is 7.36. The average Bonchev–Trinajstić information content (AvgIpc) is 2.44. The number of likely N-dealkylation sites (N-methyl/N-ethyl adjacent to an activating group) is 1. The van der Waals surface area contributed by atoms with Gasteiger partial charge in [-0.1, -0.05) is 20.3 Å². The Morgan fingerprint density at radius 1 is 1.05 bits per heavy atom. The van der Waals surface area contributed by atoms with E-state index in [9.17, 15) is 14.4 Å². The van der Waals surface area contributed by atoms with Crippen molar-refractivity contribution in [3.63, 3.8) is 0 Å². The zero-order valence-corrected chi connectivity index (χ0v) is 13.5. The molecule has 122 valence electrons. The fourth-order valence-corrected chi connectivity index (χ4v) is 1.93. The van der Waals surface area contributed by atoms with Crippen LogP contribution in [-0.4, -0.2) is 53.1 Å². The second-order valence-electron chi connectivity index (χ2n) is 5.05. The molecule has 0 aromatic heterocycles. The smallest absolute Gasteiger partial charge is 0.326 e. The van der Waals surface area contributed by atoms with E-state index < -0.39 is 24.1 Å². The van der Waals surface area contributed by atoms with Crippen molar-refractivity contribution in [1.82, 2.24) is 15.5 Å². The molecule has 0 aliphatic heterocycles. The van der Waals surface area contributed by atoms with Gasteiger partial charge >= 0.3 is 12.0 Å². The highest BCUT2D eigenvalue weighted by Crippen LogP contribution is 2.07. The van der Waals surface area contributed by atoms with Crippen LogP contribution in [0.25, 0.3) is 0 Å². The number of rotatable bonds is 8. The average molecular weight is 301 g/mol. The molecule has 0 spiro atoms. The van der Waals surface area contributed by atoms with Crippen LogP contribution >= 0.6 is 0 Å². The molecule has 0 radical (unpaired) electrons. The highest BCUT2D eigenvalue weighted by molar-refractivity contribution is 5.88. The molecular weight excluding hydrogens is 274 g/mol. The Morgan fingerprint density at radius 2 is 1.57 bits per heavy atom. The minimum Gasteiger partial charge on any atom is -0.480 e. The topological polar surface area (TPSA) is 98.7 Å². The third-order valence-electron chi connectivity index (χ3n) is 3.56. The number of hydrogen-bond donors (Lipinski definition) is 3. The van der Waals surface area contributed by atoms with Gasteiger partial charge in [-0.3, -0.25) is 4.79 Å². The van der Waals surface area contributed by atoms with Crippen molar-refractivity contribution < 1.29 is 19.5 Å². The third kappa shape index (κ3) is 6.01. The summed E-state index contributed by atoms with van der Waals surface area (Å²) >= 11 is 0. The molecule has 0 aliphatic rings. The van der Waals surface area contributed by atoms with Crippen LogP contribution in [-0.2, 0) is 9.59 Å². The molecule has 0 aliphatic carbocycles. The molecule has 0 aromatic rings. The van der Waals surface area contributed by atoms with E-state index in [-0.39, 0.29) is 11.8 Å². The first-order valence-corrected chi connectivity index (χ1v) is 7.36. The van der Waals surface area contributed by atoms with E-state index in [1.54, 1.807) is 18.7 Å². The van der Waals surface area contributed by atoms with Crippen LogP contribution in [0.5, 0.6) is 0 Å². The molecule has 0 aromatic carbocycles. The summed E-state index contributed by atoms with van der Waals surface area (Å²) in [6.07, 6.45) is 0.630. The second-order valence-corrected chi connectivity index (χ2v) is 5.05. The number of nitrogens with one attached hydrogen (secondary N) is 2. The number of urea groups is 1. The van der Waals surface area contributed by atoms with Gasteiger partial charge in [-0.2, -0.15) is 0 Å². The Kier molecular flexibility index (Phi) is 8.42. The van der Waals surface area contributed by atoms with Gasteiger partial charge in [0.1, 0.15) is 12.1 Å². The molecule has 3 atom stereocenters. The van der Waals surface area contributed by atoms with Crippen molar-refractivity contribution in [2.45, 2.75) is 53.1 Å². The largest absolute Gasteiger partial charge is 0.480 e. The maximum Gasteiger partial charge on any atom is 0.326 e. The second kappa shape index (κ2) is 9.20. The molecule has 3 amide bonds. The zero-order valence-electron chi connectivity index (χ0n) is 13.5. The van der Waals surface area contributed by atoms with E-state index in [2.05, 4.69) is 10.6 Å². The van der Waals surface area contributed by atoms with Gasteiger partial charge in [0.15, 0.2) is 0 Å². The van der Waals surface area contributed by atoms with Crippen LogP contribution in [0, 0.1) is 5.92 Å². The van der Waals surface area contributed by atoms with Gasteiger partial charge in [-0.05, 0) is 26.7 Å². The highest BCUT2D eigenvalue weighted by atomic mass is 16.4. The van der Waals surface area contributed by atoms with E-state index in [0.29, 0.717) is 19.5 Å². The Morgan fingerprint density at radius 3 is 1.95 bits per heavy atom. The van der Waals surface area contributed by atoms with E-state index in [1.807, 2.05) is 20.8 Å². The summed E-state index contributed by atoms with van der Waals surface area (Å²) in [6.45, 7) is 10.0. The normalized spacial score (nSPS) is 14.7. The number of carbonyl (C=O) groups is 3. The first-order chi connectivity index (χ1) is 9.78. The van der Waals surface area contributed by atoms with Gasteiger partial charge < -0.3 is 20.6 Å². The molecule has 0 bridgehead atoms. The molecule has 0 heterocycles. The minimum absolute atomic E-state index is 0.189. The number of amides is 3. The van der Waals surface area contributed by atoms with E-state index in [1.165, 1.54) is 0 Å². The third-order valence-corrected chi connectivity index (χ3v) is 3.56. The molecule has 2 unspecified atom stereocenters. The maximum atomic E-state index is 12.0. The molecular formula is C14H27N3O4. The van der Waals surface area contributed by atoms with Crippen LogP contribution in [0.15, 0.2) is 0 Å². The molecule has 7 heteroatoms. The summed E-state index contributed by atoms with van der Waals surface area (Å²) < 4.78 is 0. The number of carboxylic acid groups (broad SMARTS) is 1. The number of nitrogens with zero attached hydrogens (tertiary/aromatic N) is 1.